The van der Waals surface area contributed by atoms with E-state index in [-0.39, 0.29) is 12.5 Å². The molecule has 0 unspecified atom stereocenters. The Balaban J connectivity index is 1.71. The normalized spacial score (nSPS) is 19.2. The first kappa shape index (κ1) is 17.0. The molecule has 6 nitrogen and oxygen atoms in total. The molecule has 0 bridgehead atoms. The maximum atomic E-state index is 12.8. The van der Waals surface area contributed by atoms with E-state index in [4.69, 9.17) is 6.42 Å². The average Bonchev–Trinajstić information content (AvgIpc) is 2.79. The van der Waals surface area contributed by atoms with Crippen LogP contribution in [0.5, 0.6) is 0 Å². The van der Waals surface area contributed by atoms with Gasteiger partial charge in [-0.2, -0.15) is 0 Å². The molecule has 1 aromatic carbocycles. The molecule has 1 N–H and O–H groups in total. The number of anilines is 1. The van der Waals surface area contributed by atoms with Crippen molar-refractivity contribution in [3.63, 3.8) is 0 Å². The summed E-state index contributed by atoms with van der Waals surface area (Å²) in [7, 11) is 1.65. The maximum Gasteiger partial charge on any atom is 0.327 e. The number of nitrogens with one attached hydrogen (secondary N) is 1. The smallest absolute Gasteiger partial charge is 0.324 e. The highest BCUT2D eigenvalue weighted by Gasteiger charge is 2.55. The Morgan fingerprint density at radius 3 is 2.68 bits per heavy atom. The Bertz CT molecular complexity index is 759. The zero-order chi connectivity index (χ0) is 18.0. The molecule has 0 aromatic heterocycles. The first-order valence-corrected chi connectivity index (χ1v) is 8.44. The standard InChI is InChI=1S/C19H21N3O3/c1-3-14-8-7-9-15(12-14)20-16(23)13-22-17(24)19(21(2)18(22)25)10-5-4-6-11-19/h1,7-9,12H,4-6,10-11,13H2,2H3,(H,20,23). The molecule has 1 aliphatic carbocycles. The highest BCUT2D eigenvalue weighted by atomic mass is 16.2. The number of imide groups is 1. The van der Waals surface area contributed by atoms with E-state index in [1.807, 2.05) is 0 Å². The van der Waals surface area contributed by atoms with Gasteiger partial charge in [0.1, 0.15) is 12.1 Å². The highest BCUT2D eigenvalue weighted by molar-refractivity contribution is 6.10. The quantitative estimate of drug-likeness (QED) is 0.678. The van der Waals surface area contributed by atoms with Crippen molar-refractivity contribution in [2.45, 2.75) is 37.6 Å². The summed E-state index contributed by atoms with van der Waals surface area (Å²) in [6, 6.07) is 6.47. The first-order valence-electron chi connectivity index (χ1n) is 8.44. The lowest BCUT2D eigenvalue weighted by Crippen LogP contribution is -2.49. The van der Waals surface area contributed by atoms with E-state index in [1.165, 1.54) is 4.90 Å². The van der Waals surface area contributed by atoms with Gasteiger partial charge in [0, 0.05) is 18.3 Å². The molecule has 0 atom stereocenters. The van der Waals surface area contributed by atoms with Crippen molar-refractivity contribution >= 4 is 23.5 Å². The van der Waals surface area contributed by atoms with Crippen LogP contribution >= 0.6 is 0 Å². The third-order valence-corrected chi connectivity index (χ3v) is 5.10. The number of carbonyl (C=O) groups is 3. The number of hydrogen-bond donors (Lipinski definition) is 1. The molecule has 2 fully saturated rings. The van der Waals surface area contributed by atoms with Gasteiger partial charge < -0.3 is 10.2 Å². The number of nitrogens with zero attached hydrogens (tertiary/aromatic N) is 2. The van der Waals surface area contributed by atoms with E-state index >= 15 is 0 Å². The summed E-state index contributed by atoms with van der Waals surface area (Å²) in [6.45, 7) is -0.288. The Morgan fingerprint density at radius 1 is 1.28 bits per heavy atom. The van der Waals surface area contributed by atoms with Gasteiger partial charge in [-0.1, -0.05) is 31.2 Å². The Kier molecular flexibility index (Phi) is 4.49. The molecule has 4 amide bonds. The summed E-state index contributed by atoms with van der Waals surface area (Å²) in [4.78, 5) is 40.2. The summed E-state index contributed by atoms with van der Waals surface area (Å²) in [6.07, 6.45) is 9.58. The fraction of sp³-hybridized carbons (Fsp3) is 0.421. The number of terminal acetylenes is 1. The molecule has 6 heteroatoms. The SMILES string of the molecule is C#Cc1cccc(NC(=O)CN2C(=O)N(C)C3(CCCCC3)C2=O)c1. The number of amides is 4. The fourth-order valence-corrected chi connectivity index (χ4v) is 3.70. The number of likely N-dealkylation sites (N-methyl/N-ethyl adjacent to an activating group) is 1. The minimum Gasteiger partial charge on any atom is -0.324 e. The Hall–Kier alpha value is -2.81. The topological polar surface area (TPSA) is 69.7 Å². The summed E-state index contributed by atoms with van der Waals surface area (Å²) in [5.41, 5.74) is 0.422. The largest absolute Gasteiger partial charge is 0.327 e. The molecule has 2 aliphatic rings. The minimum absolute atomic E-state index is 0.257. The summed E-state index contributed by atoms with van der Waals surface area (Å²) >= 11 is 0. The van der Waals surface area contributed by atoms with Crippen molar-refractivity contribution in [3.05, 3.63) is 29.8 Å². The predicted molar refractivity (Wildman–Crippen MR) is 93.7 cm³/mol. The van der Waals surface area contributed by atoms with Gasteiger partial charge in [0.2, 0.25) is 5.91 Å². The van der Waals surface area contributed by atoms with Crippen molar-refractivity contribution in [1.29, 1.82) is 0 Å². The van der Waals surface area contributed by atoms with Crippen LogP contribution in [-0.4, -0.2) is 46.8 Å². The Labute approximate surface area is 147 Å². The van der Waals surface area contributed by atoms with Gasteiger partial charge in [0.25, 0.3) is 5.91 Å². The van der Waals surface area contributed by atoms with Gasteiger partial charge in [0.05, 0.1) is 0 Å². The molecular formula is C19H21N3O3. The number of carbonyl (C=O) groups excluding carboxylic acids is 3. The van der Waals surface area contributed by atoms with Gasteiger partial charge in [0.15, 0.2) is 0 Å². The van der Waals surface area contributed by atoms with Crippen LogP contribution in [0.1, 0.15) is 37.7 Å². The van der Waals surface area contributed by atoms with Gasteiger partial charge in [-0.25, -0.2) is 4.79 Å². The highest BCUT2D eigenvalue weighted by Crippen LogP contribution is 2.39. The zero-order valence-electron chi connectivity index (χ0n) is 14.2. The number of rotatable bonds is 3. The maximum absolute atomic E-state index is 12.8. The minimum atomic E-state index is -0.765. The molecule has 25 heavy (non-hydrogen) atoms. The van der Waals surface area contributed by atoms with Crippen LogP contribution in [-0.2, 0) is 9.59 Å². The lowest BCUT2D eigenvalue weighted by atomic mass is 9.81. The lowest BCUT2D eigenvalue weighted by molar-refractivity contribution is -0.136. The molecule has 0 radical (unpaired) electrons. The van der Waals surface area contributed by atoms with Crippen molar-refractivity contribution in [3.8, 4) is 12.3 Å². The molecule has 130 valence electrons. The number of hydrogen-bond acceptors (Lipinski definition) is 3. The van der Waals surface area contributed by atoms with E-state index in [0.29, 0.717) is 24.1 Å². The molecule has 1 aliphatic heterocycles. The molecule has 1 saturated heterocycles. The molecule has 1 spiro atoms. The van der Waals surface area contributed by atoms with Crippen molar-refractivity contribution in [2.24, 2.45) is 0 Å². The average molecular weight is 339 g/mol. The van der Waals surface area contributed by atoms with Crippen LogP contribution in [0.3, 0.4) is 0 Å². The van der Waals surface area contributed by atoms with Crippen LogP contribution in [0.15, 0.2) is 24.3 Å². The van der Waals surface area contributed by atoms with E-state index < -0.39 is 17.5 Å². The molecular weight excluding hydrogens is 318 g/mol. The Morgan fingerprint density at radius 2 is 2.00 bits per heavy atom. The molecule has 1 heterocycles. The number of benzene rings is 1. The number of urea groups is 1. The third kappa shape index (κ3) is 2.98. The van der Waals surface area contributed by atoms with Gasteiger partial charge >= 0.3 is 6.03 Å². The summed E-state index contributed by atoms with van der Waals surface area (Å²) in [5, 5.41) is 2.69. The van der Waals surface area contributed by atoms with Crippen LogP contribution in [0.4, 0.5) is 10.5 Å². The van der Waals surface area contributed by atoms with Crippen molar-refractivity contribution in [1.82, 2.24) is 9.80 Å². The predicted octanol–water partition coefficient (Wildman–Crippen LogP) is 2.20. The van der Waals surface area contributed by atoms with E-state index in [9.17, 15) is 14.4 Å². The van der Waals surface area contributed by atoms with E-state index in [1.54, 1.807) is 31.3 Å². The summed E-state index contributed by atoms with van der Waals surface area (Å²) in [5.74, 6) is 1.82. The van der Waals surface area contributed by atoms with Crippen LogP contribution < -0.4 is 5.32 Å². The second kappa shape index (κ2) is 6.60. The van der Waals surface area contributed by atoms with E-state index in [2.05, 4.69) is 11.2 Å². The molecule has 3 rings (SSSR count). The van der Waals surface area contributed by atoms with Crippen LogP contribution in [0.25, 0.3) is 0 Å². The van der Waals surface area contributed by atoms with Crippen molar-refractivity contribution < 1.29 is 14.4 Å². The van der Waals surface area contributed by atoms with E-state index in [0.717, 1.165) is 24.2 Å². The van der Waals surface area contributed by atoms with Crippen molar-refractivity contribution in [2.75, 3.05) is 18.9 Å². The third-order valence-electron chi connectivity index (χ3n) is 5.10. The summed E-state index contributed by atoms with van der Waals surface area (Å²) < 4.78 is 0. The van der Waals surface area contributed by atoms with Crippen LogP contribution in [0, 0.1) is 12.3 Å². The van der Waals surface area contributed by atoms with Crippen LogP contribution in [0.2, 0.25) is 0 Å². The van der Waals surface area contributed by atoms with Gasteiger partial charge in [-0.05, 0) is 31.0 Å². The van der Waals surface area contributed by atoms with Gasteiger partial charge in [-0.15, -0.1) is 6.42 Å². The first-order chi connectivity index (χ1) is 12.0. The molecule has 1 aromatic rings. The molecule has 1 saturated carbocycles. The fourth-order valence-electron chi connectivity index (χ4n) is 3.70. The second-order valence-corrected chi connectivity index (χ2v) is 6.60. The second-order valence-electron chi connectivity index (χ2n) is 6.60. The zero-order valence-corrected chi connectivity index (χ0v) is 14.2. The monoisotopic (exact) mass is 339 g/mol. The van der Waals surface area contributed by atoms with Gasteiger partial charge in [-0.3, -0.25) is 14.5 Å². The lowest BCUT2D eigenvalue weighted by Gasteiger charge is -2.35.